The van der Waals surface area contributed by atoms with E-state index >= 15 is 0 Å². The summed E-state index contributed by atoms with van der Waals surface area (Å²) in [6, 6.07) is 13.8. The Kier molecular flexibility index (Phi) is 4.42. The van der Waals surface area contributed by atoms with Crippen LogP contribution in [-0.4, -0.2) is 24.1 Å². The monoisotopic (exact) mass is 322 g/mol. The number of nitrogens with zero attached hydrogens (tertiary/aromatic N) is 1. The summed E-state index contributed by atoms with van der Waals surface area (Å²) >= 11 is 0. The van der Waals surface area contributed by atoms with Gasteiger partial charge in [0.25, 0.3) is 5.91 Å². The molecule has 122 valence electrons. The lowest BCUT2D eigenvalue weighted by Crippen LogP contribution is -2.23. The highest BCUT2D eigenvalue weighted by Crippen LogP contribution is 2.22. The van der Waals surface area contributed by atoms with E-state index in [0.29, 0.717) is 23.2 Å². The van der Waals surface area contributed by atoms with Crippen molar-refractivity contribution in [2.45, 2.75) is 19.8 Å². The van der Waals surface area contributed by atoms with E-state index in [-0.39, 0.29) is 17.6 Å². The van der Waals surface area contributed by atoms with Crippen LogP contribution in [-0.2, 0) is 4.79 Å². The Hall–Kier alpha value is -2.95. The van der Waals surface area contributed by atoms with Gasteiger partial charge in [0.05, 0.1) is 0 Å². The molecule has 1 aliphatic heterocycles. The van der Waals surface area contributed by atoms with Gasteiger partial charge >= 0.3 is 0 Å². The molecule has 2 aromatic carbocycles. The highest BCUT2D eigenvalue weighted by atomic mass is 16.2. The van der Waals surface area contributed by atoms with Gasteiger partial charge in [0.2, 0.25) is 5.91 Å². The number of ketones is 1. The van der Waals surface area contributed by atoms with Gasteiger partial charge in [-0.15, -0.1) is 0 Å². The zero-order chi connectivity index (χ0) is 17.1. The fraction of sp³-hybridized carbons (Fsp3) is 0.211. The normalized spacial score (nSPS) is 13.9. The van der Waals surface area contributed by atoms with Crippen LogP contribution in [0.5, 0.6) is 0 Å². The molecule has 5 heteroatoms. The first-order valence-corrected chi connectivity index (χ1v) is 7.87. The summed E-state index contributed by atoms with van der Waals surface area (Å²) in [7, 11) is 0. The molecule has 3 rings (SSSR count). The third-order valence-electron chi connectivity index (χ3n) is 4.06. The minimum Gasteiger partial charge on any atom is -0.322 e. The molecule has 2 amide bonds. The molecule has 0 saturated carbocycles. The molecule has 0 aliphatic carbocycles. The van der Waals surface area contributed by atoms with Crippen molar-refractivity contribution < 1.29 is 14.4 Å². The Labute approximate surface area is 140 Å². The molecule has 0 bridgehead atoms. The van der Waals surface area contributed by atoms with Crippen LogP contribution in [0.3, 0.4) is 0 Å². The van der Waals surface area contributed by atoms with E-state index < -0.39 is 0 Å². The summed E-state index contributed by atoms with van der Waals surface area (Å²) in [6.45, 7) is 2.23. The molecule has 1 N–H and O–H groups in total. The molecular weight excluding hydrogens is 304 g/mol. The summed E-state index contributed by atoms with van der Waals surface area (Å²) in [5, 5.41) is 2.79. The van der Waals surface area contributed by atoms with Gasteiger partial charge in [-0.3, -0.25) is 14.4 Å². The van der Waals surface area contributed by atoms with Crippen LogP contribution in [0.15, 0.2) is 48.5 Å². The molecule has 0 radical (unpaired) electrons. The van der Waals surface area contributed by atoms with Crippen LogP contribution in [0.1, 0.15) is 40.5 Å². The number of nitrogens with one attached hydrogen (secondary N) is 1. The third kappa shape index (κ3) is 3.35. The molecular formula is C19H18N2O3. The summed E-state index contributed by atoms with van der Waals surface area (Å²) in [6.07, 6.45) is 1.45. The van der Waals surface area contributed by atoms with Crippen molar-refractivity contribution in [1.82, 2.24) is 0 Å². The van der Waals surface area contributed by atoms with Gasteiger partial charge in [-0.25, -0.2) is 0 Å². The van der Waals surface area contributed by atoms with E-state index in [4.69, 9.17) is 0 Å². The molecule has 24 heavy (non-hydrogen) atoms. The van der Waals surface area contributed by atoms with E-state index in [1.54, 1.807) is 53.4 Å². The maximum absolute atomic E-state index is 12.3. The minimum atomic E-state index is -0.232. The van der Waals surface area contributed by atoms with Gasteiger partial charge in [0.15, 0.2) is 5.78 Å². The Morgan fingerprint density at radius 3 is 2.12 bits per heavy atom. The summed E-state index contributed by atoms with van der Waals surface area (Å²) < 4.78 is 0. The van der Waals surface area contributed by atoms with Gasteiger partial charge in [-0.1, -0.05) is 0 Å². The summed E-state index contributed by atoms with van der Waals surface area (Å²) in [4.78, 5) is 37.0. The number of Topliss-reactive ketones (excluding diaryl/α,β-unsaturated/α-hetero) is 1. The molecule has 0 spiro atoms. The molecule has 1 fully saturated rings. The Morgan fingerprint density at radius 1 is 0.958 bits per heavy atom. The first-order chi connectivity index (χ1) is 11.5. The van der Waals surface area contributed by atoms with E-state index in [2.05, 4.69) is 5.32 Å². The zero-order valence-electron chi connectivity index (χ0n) is 13.4. The van der Waals surface area contributed by atoms with Gasteiger partial charge in [0, 0.05) is 35.5 Å². The molecule has 1 heterocycles. The number of anilines is 2. The topological polar surface area (TPSA) is 66.5 Å². The van der Waals surface area contributed by atoms with Crippen molar-refractivity contribution in [3.8, 4) is 0 Å². The molecule has 2 aromatic rings. The van der Waals surface area contributed by atoms with Gasteiger partial charge in [-0.05, 0) is 61.9 Å². The predicted octanol–water partition coefficient (Wildman–Crippen LogP) is 3.27. The largest absolute Gasteiger partial charge is 0.322 e. The fourth-order valence-corrected chi connectivity index (χ4v) is 2.71. The average Bonchev–Trinajstić information content (AvgIpc) is 3.01. The van der Waals surface area contributed by atoms with E-state index in [1.807, 2.05) is 0 Å². The second kappa shape index (κ2) is 6.66. The fourth-order valence-electron chi connectivity index (χ4n) is 2.71. The molecule has 0 aromatic heterocycles. The number of benzene rings is 2. The van der Waals surface area contributed by atoms with Crippen molar-refractivity contribution in [3.05, 3.63) is 59.7 Å². The van der Waals surface area contributed by atoms with Crippen molar-refractivity contribution in [2.24, 2.45) is 0 Å². The number of rotatable bonds is 4. The second-order valence-corrected chi connectivity index (χ2v) is 5.78. The summed E-state index contributed by atoms with van der Waals surface area (Å²) in [5.74, 6) is -0.123. The van der Waals surface area contributed by atoms with Crippen molar-refractivity contribution in [1.29, 1.82) is 0 Å². The molecule has 0 unspecified atom stereocenters. The lowest BCUT2D eigenvalue weighted by atomic mass is 10.1. The van der Waals surface area contributed by atoms with Crippen molar-refractivity contribution in [3.63, 3.8) is 0 Å². The lowest BCUT2D eigenvalue weighted by Gasteiger charge is -2.15. The number of hydrogen-bond donors (Lipinski definition) is 1. The van der Waals surface area contributed by atoms with Gasteiger partial charge < -0.3 is 10.2 Å². The first-order valence-electron chi connectivity index (χ1n) is 7.87. The minimum absolute atomic E-state index is 0.0140. The van der Waals surface area contributed by atoms with Crippen LogP contribution in [0.2, 0.25) is 0 Å². The maximum atomic E-state index is 12.3. The van der Waals surface area contributed by atoms with Crippen LogP contribution >= 0.6 is 0 Å². The number of carbonyl (C=O) groups excluding carboxylic acids is 3. The van der Waals surface area contributed by atoms with Crippen molar-refractivity contribution >= 4 is 29.0 Å². The quantitative estimate of drug-likeness (QED) is 0.879. The highest BCUT2D eigenvalue weighted by molar-refractivity contribution is 6.05. The van der Waals surface area contributed by atoms with Crippen LogP contribution in [0, 0.1) is 0 Å². The smallest absolute Gasteiger partial charge is 0.255 e. The average molecular weight is 322 g/mol. The molecule has 1 saturated heterocycles. The SMILES string of the molecule is CC(=O)c1ccc(NC(=O)c2ccc(N3CCCC3=O)cc2)cc1. The maximum Gasteiger partial charge on any atom is 0.255 e. The Bertz CT molecular complexity index is 779. The van der Waals surface area contributed by atoms with E-state index in [9.17, 15) is 14.4 Å². The second-order valence-electron chi connectivity index (χ2n) is 5.78. The third-order valence-corrected chi connectivity index (χ3v) is 4.06. The Morgan fingerprint density at radius 2 is 1.58 bits per heavy atom. The van der Waals surface area contributed by atoms with Crippen LogP contribution in [0.4, 0.5) is 11.4 Å². The predicted molar refractivity (Wildman–Crippen MR) is 92.4 cm³/mol. The number of hydrogen-bond acceptors (Lipinski definition) is 3. The molecule has 5 nitrogen and oxygen atoms in total. The first kappa shape index (κ1) is 15.9. The van der Waals surface area contributed by atoms with Gasteiger partial charge in [0.1, 0.15) is 0 Å². The molecule has 1 aliphatic rings. The van der Waals surface area contributed by atoms with E-state index in [1.165, 1.54) is 6.92 Å². The summed E-state index contributed by atoms with van der Waals surface area (Å²) in [5.41, 5.74) is 2.57. The number of amides is 2. The van der Waals surface area contributed by atoms with Gasteiger partial charge in [-0.2, -0.15) is 0 Å². The van der Waals surface area contributed by atoms with E-state index in [0.717, 1.165) is 18.7 Å². The molecule has 0 atom stereocenters. The highest BCUT2D eigenvalue weighted by Gasteiger charge is 2.21. The Balaban J connectivity index is 1.68. The van der Waals surface area contributed by atoms with Crippen molar-refractivity contribution in [2.75, 3.05) is 16.8 Å². The number of carbonyl (C=O) groups is 3. The zero-order valence-corrected chi connectivity index (χ0v) is 13.4. The van der Waals surface area contributed by atoms with Crippen LogP contribution in [0.25, 0.3) is 0 Å². The standard InChI is InChI=1S/C19H18N2O3/c1-13(22)14-4-8-16(9-5-14)20-19(24)15-6-10-17(11-7-15)21-12-2-3-18(21)23/h4-11H,2-3,12H2,1H3,(H,20,24). The lowest BCUT2D eigenvalue weighted by molar-refractivity contribution is -0.117. The van der Waals surface area contributed by atoms with Crippen LogP contribution < -0.4 is 10.2 Å².